The molecule has 1 heterocycles. The fraction of sp³-hybridized carbons (Fsp3) is 0.0833. The molecule has 0 unspecified atom stereocenters. The van der Waals surface area contributed by atoms with Crippen molar-refractivity contribution >= 4 is 6.29 Å². The van der Waals surface area contributed by atoms with E-state index in [-0.39, 0.29) is 5.75 Å². The van der Waals surface area contributed by atoms with Crippen LogP contribution in [-0.4, -0.2) is 33.5 Å². The lowest BCUT2D eigenvalue weighted by atomic mass is 10.0. The predicted octanol–water partition coefficient (Wildman–Crippen LogP) is 4.71. The van der Waals surface area contributed by atoms with Crippen molar-refractivity contribution in [1.82, 2.24) is 15.0 Å². The van der Waals surface area contributed by atoms with Crippen LogP contribution in [0.3, 0.4) is 0 Å². The lowest BCUT2D eigenvalue weighted by Gasteiger charge is -2.11. The van der Waals surface area contributed by atoms with Crippen molar-refractivity contribution in [3.8, 4) is 45.7 Å². The first kappa shape index (κ1) is 19.3. The van der Waals surface area contributed by atoms with Gasteiger partial charge in [-0.2, -0.15) is 0 Å². The highest BCUT2D eigenvalue weighted by Crippen LogP contribution is 2.33. The normalized spacial score (nSPS) is 10.6. The fourth-order valence-corrected chi connectivity index (χ4v) is 3.14. The molecule has 3 aromatic carbocycles. The molecule has 0 saturated carbocycles. The van der Waals surface area contributed by atoms with Crippen molar-refractivity contribution in [2.45, 2.75) is 6.92 Å². The van der Waals surface area contributed by atoms with E-state index in [2.05, 4.69) is 15.0 Å². The second kappa shape index (κ2) is 8.13. The Labute approximate surface area is 173 Å². The van der Waals surface area contributed by atoms with Crippen LogP contribution in [0.15, 0.2) is 66.7 Å². The van der Waals surface area contributed by atoms with Crippen LogP contribution in [0, 0.1) is 6.92 Å². The smallest absolute Gasteiger partial charge is 0.167 e. The quantitative estimate of drug-likeness (QED) is 0.491. The number of ether oxygens (including phenoxy) is 1. The maximum Gasteiger partial charge on any atom is 0.167 e. The molecule has 4 aromatic rings. The van der Waals surface area contributed by atoms with Crippen molar-refractivity contribution in [3.05, 3.63) is 77.9 Å². The Morgan fingerprint density at radius 3 is 2.17 bits per heavy atom. The summed E-state index contributed by atoms with van der Waals surface area (Å²) in [4.78, 5) is 25.4. The second-order valence-corrected chi connectivity index (χ2v) is 6.76. The predicted molar refractivity (Wildman–Crippen MR) is 114 cm³/mol. The Morgan fingerprint density at radius 1 is 0.833 bits per heavy atom. The van der Waals surface area contributed by atoms with E-state index in [1.165, 1.54) is 13.2 Å². The van der Waals surface area contributed by atoms with Gasteiger partial charge in [0.25, 0.3) is 0 Å². The molecule has 0 aliphatic heterocycles. The molecule has 6 heteroatoms. The number of aromatic hydroxyl groups is 1. The summed E-state index contributed by atoms with van der Waals surface area (Å²) in [7, 11) is 1.53. The zero-order valence-electron chi connectivity index (χ0n) is 16.5. The molecular formula is C24H19N3O3. The molecule has 1 N–H and O–H groups in total. The molecule has 4 rings (SSSR count). The van der Waals surface area contributed by atoms with E-state index in [0.29, 0.717) is 39.9 Å². The van der Waals surface area contributed by atoms with Gasteiger partial charge in [-0.05, 0) is 25.1 Å². The molecule has 0 aliphatic carbocycles. The summed E-state index contributed by atoms with van der Waals surface area (Å²) in [6.45, 7) is 1.92. The summed E-state index contributed by atoms with van der Waals surface area (Å²) in [5.41, 5.74) is 3.30. The summed E-state index contributed by atoms with van der Waals surface area (Å²) < 4.78 is 5.16. The highest BCUT2D eigenvalue weighted by atomic mass is 16.5. The van der Waals surface area contributed by atoms with Crippen LogP contribution in [0.2, 0.25) is 0 Å². The van der Waals surface area contributed by atoms with Crippen LogP contribution >= 0.6 is 0 Å². The first-order valence-corrected chi connectivity index (χ1v) is 9.34. The van der Waals surface area contributed by atoms with Crippen molar-refractivity contribution in [2.24, 2.45) is 0 Å². The topological polar surface area (TPSA) is 85.2 Å². The monoisotopic (exact) mass is 397 g/mol. The Kier molecular flexibility index (Phi) is 5.22. The van der Waals surface area contributed by atoms with E-state index < -0.39 is 0 Å². The molecule has 30 heavy (non-hydrogen) atoms. The summed E-state index contributed by atoms with van der Waals surface area (Å²) in [6.07, 6.45) is 0.791. The highest BCUT2D eigenvalue weighted by Gasteiger charge is 2.16. The molecular weight excluding hydrogens is 378 g/mol. The number of aldehydes is 1. The van der Waals surface area contributed by atoms with Gasteiger partial charge < -0.3 is 9.84 Å². The number of hydrogen-bond acceptors (Lipinski definition) is 6. The van der Waals surface area contributed by atoms with Crippen LogP contribution in [-0.2, 0) is 0 Å². The van der Waals surface area contributed by atoms with Gasteiger partial charge in [-0.25, -0.2) is 15.0 Å². The molecule has 0 saturated heterocycles. The van der Waals surface area contributed by atoms with Crippen LogP contribution in [0.4, 0.5) is 0 Å². The van der Waals surface area contributed by atoms with Crippen LogP contribution in [0.25, 0.3) is 34.2 Å². The lowest BCUT2D eigenvalue weighted by molar-refractivity contribution is 0.112. The van der Waals surface area contributed by atoms with Crippen LogP contribution < -0.4 is 4.74 Å². The minimum atomic E-state index is -0.00923. The summed E-state index contributed by atoms with van der Waals surface area (Å²) in [5.74, 6) is 1.62. The van der Waals surface area contributed by atoms with Gasteiger partial charge in [0, 0.05) is 22.8 Å². The Balaban J connectivity index is 1.96. The van der Waals surface area contributed by atoms with Gasteiger partial charge in [-0.1, -0.05) is 48.0 Å². The zero-order valence-corrected chi connectivity index (χ0v) is 16.5. The first-order valence-electron chi connectivity index (χ1n) is 9.34. The number of carbonyl (C=O) groups excluding carboxylic acids is 1. The number of nitrogens with zero attached hydrogens (tertiary/aromatic N) is 3. The van der Waals surface area contributed by atoms with Crippen LogP contribution in [0.1, 0.15) is 15.9 Å². The molecule has 0 amide bonds. The van der Waals surface area contributed by atoms with Gasteiger partial charge in [-0.15, -0.1) is 0 Å². The van der Waals surface area contributed by atoms with Crippen LogP contribution in [0.5, 0.6) is 11.5 Å². The number of methoxy groups -OCH3 is 1. The Morgan fingerprint density at radius 2 is 1.50 bits per heavy atom. The second-order valence-electron chi connectivity index (χ2n) is 6.76. The summed E-state index contributed by atoms with van der Waals surface area (Å²) in [5, 5.41) is 10.5. The largest absolute Gasteiger partial charge is 0.507 e. The summed E-state index contributed by atoms with van der Waals surface area (Å²) >= 11 is 0. The minimum absolute atomic E-state index is 0.00923. The molecule has 0 spiro atoms. The number of hydrogen-bond donors (Lipinski definition) is 1. The van der Waals surface area contributed by atoms with Crippen molar-refractivity contribution in [1.29, 1.82) is 0 Å². The first-order chi connectivity index (χ1) is 14.6. The highest BCUT2D eigenvalue weighted by molar-refractivity contribution is 5.86. The van der Waals surface area contributed by atoms with Gasteiger partial charge in [0.2, 0.25) is 0 Å². The third kappa shape index (κ3) is 3.75. The van der Waals surface area contributed by atoms with Gasteiger partial charge in [0.05, 0.1) is 12.7 Å². The average molecular weight is 397 g/mol. The molecule has 0 fully saturated rings. The molecule has 1 aromatic heterocycles. The number of aromatic nitrogens is 3. The number of phenols is 1. The maximum atomic E-state index is 11.7. The van der Waals surface area contributed by atoms with E-state index >= 15 is 0 Å². The number of carbonyl (C=O) groups is 1. The van der Waals surface area contributed by atoms with Gasteiger partial charge >= 0.3 is 0 Å². The van der Waals surface area contributed by atoms with Crippen molar-refractivity contribution in [2.75, 3.05) is 7.11 Å². The van der Waals surface area contributed by atoms with E-state index in [4.69, 9.17) is 4.74 Å². The van der Waals surface area contributed by atoms with E-state index in [0.717, 1.165) is 17.4 Å². The third-order valence-electron chi connectivity index (χ3n) is 4.69. The third-order valence-corrected chi connectivity index (χ3v) is 4.69. The van der Waals surface area contributed by atoms with Gasteiger partial charge in [0.1, 0.15) is 11.5 Å². The fourth-order valence-electron chi connectivity index (χ4n) is 3.14. The Bertz CT molecular complexity index is 1220. The van der Waals surface area contributed by atoms with E-state index in [1.54, 1.807) is 18.2 Å². The standard InChI is InChI=1S/C24H19N3O3/c1-15-8-10-19(17(12-15)14-28)23-25-22(16-6-4-3-5-7-16)26-24(27-23)20-11-9-18(30-2)13-21(20)29/h3-14,29H,1-2H3. The number of rotatable bonds is 5. The lowest BCUT2D eigenvalue weighted by Crippen LogP contribution is -2.02. The number of phenolic OH excluding ortho intramolecular Hbond substituents is 1. The molecule has 0 radical (unpaired) electrons. The van der Waals surface area contributed by atoms with Gasteiger partial charge in [-0.3, -0.25) is 4.79 Å². The zero-order chi connectivity index (χ0) is 21.1. The number of aryl methyl sites for hydroxylation is 1. The Hall–Kier alpha value is -4.06. The SMILES string of the molecule is COc1ccc(-c2nc(-c3ccccc3)nc(-c3ccc(C)cc3C=O)n2)c(O)c1. The maximum absolute atomic E-state index is 11.7. The summed E-state index contributed by atoms with van der Waals surface area (Å²) in [6, 6.07) is 19.9. The molecule has 148 valence electrons. The minimum Gasteiger partial charge on any atom is -0.507 e. The van der Waals surface area contributed by atoms with Gasteiger partial charge in [0.15, 0.2) is 23.8 Å². The number of benzene rings is 3. The van der Waals surface area contributed by atoms with E-state index in [1.807, 2.05) is 49.4 Å². The molecule has 0 aliphatic rings. The molecule has 0 bridgehead atoms. The average Bonchev–Trinajstić information content (AvgIpc) is 2.79. The van der Waals surface area contributed by atoms with Crippen molar-refractivity contribution < 1.29 is 14.6 Å². The molecule has 6 nitrogen and oxygen atoms in total. The van der Waals surface area contributed by atoms with E-state index in [9.17, 15) is 9.90 Å². The van der Waals surface area contributed by atoms with Crippen molar-refractivity contribution in [3.63, 3.8) is 0 Å². The molecule has 0 atom stereocenters.